The van der Waals surface area contributed by atoms with Gasteiger partial charge in [-0.2, -0.15) is 15.5 Å². The van der Waals surface area contributed by atoms with Crippen molar-refractivity contribution in [3.8, 4) is 6.07 Å². The van der Waals surface area contributed by atoms with Crippen LogP contribution in [0.15, 0.2) is 6.20 Å². The number of nitrogens with one attached hydrogen (secondary N) is 1. The fourth-order valence-electron chi connectivity index (χ4n) is 2.28. The van der Waals surface area contributed by atoms with Crippen LogP contribution in [0.25, 0.3) is 0 Å². The van der Waals surface area contributed by atoms with Gasteiger partial charge in [0.25, 0.3) is 0 Å². The van der Waals surface area contributed by atoms with E-state index in [9.17, 15) is 4.79 Å². The number of aromatic nitrogens is 4. The van der Waals surface area contributed by atoms with E-state index in [1.807, 2.05) is 19.9 Å². The van der Waals surface area contributed by atoms with Crippen molar-refractivity contribution in [1.82, 2.24) is 19.6 Å². The number of aryl methyl sites for hydroxylation is 2. The van der Waals surface area contributed by atoms with Crippen LogP contribution in [0.1, 0.15) is 36.3 Å². The quantitative estimate of drug-likeness (QED) is 0.936. The van der Waals surface area contributed by atoms with Crippen LogP contribution in [0.4, 0.5) is 5.82 Å². The lowest BCUT2D eigenvalue weighted by Crippen LogP contribution is -2.28. The zero-order chi connectivity index (χ0) is 16.4. The van der Waals surface area contributed by atoms with Crippen molar-refractivity contribution in [2.75, 3.05) is 5.32 Å². The van der Waals surface area contributed by atoms with Gasteiger partial charge in [0.1, 0.15) is 23.5 Å². The SMILES string of the molecule is CCC(C(=O)Nc1c(C#N)cnn1C)n1nc(C)c(Cl)c1C. The first-order chi connectivity index (χ1) is 10.4. The predicted molar refractivity (Wildman–Crippen MR) is 82.6 cm³/mol. The van der Waals surface area contributed by atoms with Crippen molar-refractivity contribution in [2.45, 2.75) is 33.2 Å². The Bertz CT molecular complexity index is 754. The molecule has 2 aromatic rings. The summed E-state index contributed by atoms with van der Waals surface area (Å²) in [6.07, 6.45) is 1.96. The Labute approximate surface area is 133 Å². The second-order valence-corrected chi connectivity index (χ2v) is 5.36. The van der Waals surface area contributed by atoms with Crippen LogP contribution < -0.4 is 5.32 Å². The van der Waals surface area contributed by atoms with E-state index < -0.39 is 6.04 Å². The molecule has 0 aliphatic carbocycles. The average Bonchev–Trinajstić information content (AvgIpc) is 2.96. The number of halogens is 1. The van der Waals surface area contributed by atoms with E-state index in [1.165, 1.54) is 10.9 Å². The first-order valence-electron chi connectivity index (χ1n) is 6.84. The molecule has 0 saturated heterocycles. The number of carbonyl (C=O) groups excluding carboxylic acids is 1. The third-order valence-corrected chi connectivity index (χ3v) is 4.07. The molecule has 2 aromatic heterocycles. The minimum absolute atomic E-state index is 0.259. The van der Waals surface area contributed by atoms with E-state index in [0.29, 0.717) is 28.5 Å². The lowest BCUT2D eigenvalue weighted by atomic mass is 10.2. The molecule has 7 nitrogen and oxygen atoms in total. The van der Waals surface area contributed by atoms with Gasteiger partial charge >= 0.3 is 0 Å². The number of hydrogen-bond acceptors (Lipinski definition) is 4. The van der Waals surface area contributed by atoms with Gasteiger partial charge in [-0.15, -0.1) is 0 Å². The van der Waals surface area contributed by atoms with Crippen molar-refractivity contribution in [2.24, 2.45) is 7.05 Å². The number of amides is 1. The highest BCUT2D eigenvalue weighted by Gasteiger charge is 2.25. The molecule has 8 heteroatoms. The summed E-state index contributed by atoms with van der Waals surface area (Å²) < 4.78 is 3.08. The topological polar surface area (TPSA) is 88.5 Å². The van der Waals surface area contributed by atoms with Crippen LogP contribution in [-0.4, -0.2) is 25.5 Å². The summed E-state index contributed by atoms with van der Waals surface area (Å²) in [5.41, 5.74) is 1.74. The molecule has 0 radical (unpaired) electrons. The summed E-state index contributed by atoms with van der Waals surface area (Å²) in [5, 5.41) is 20.7. The van der Waals surface area contributed by atoms with Gasteiger partial charge in [0.15, 0.2) is 0 Å². The van der Waals surface area contributed by atoms with Crippen LogP contribution in [0.2, 0.25) is 5.02 Å². The molecule has 1 atom stereocenters. The summed E-state index contributed by atoms with van der Waals surface area (Å²) >= 11 is 6.15. The van der Waals surface area contributed by atoms with Crippen molar-refractivity contribution < 1.29 is 4.79 Å². The van der Waals surface area contributed by atoms with E-state index >= 15 is 0 Å². The molecule has 1 amide bonds. The normalized spacial score (nSPS) is 12.0. The zero-order valence-electron chi connectivity index (χ0n) is 12.9. The summed E-state index contributed by atoms with van der Waals surface area (Å²) in [7, 11) is 1.66. The Hall–Kier alpha value is -2.33. The van der Waals surface area contributed by atoms with Gasteiger partial charge < -0.3 is 5.32 Å². The molecule has 0 aliphatic rings. The number of nitrogens with zero attached hydrogens (tertiary/aromatic N) is 5. The van der Waals surface area contributed by atoms with Gasteiger partial charge in [0, 0.05) is 7.05 Å². The van der Waals surface area contributed by atoms with Crippen molar-refractivity contribution in [3.05, 3.63) is 28.2 Å². The number of carbonyl (C=O) groups is 1. The maximum atomic E-state index is 12.6. The van der Waals surface area contributed by atoms with E-state index in [1.54, 1.807) is 18.7 Å². The minimum atomic E-state index is -0.507. The zero-order valence-corrected chi connectivity index (χ0v) is 13.6. The largest absolute Gasteiger partial charge is 0.308 e. The first kappa shape index (κ1) is 16.0. The van der Waals surface area contributed by atoms with Gasteiger partial charge in [-0.3, -0.25) is 14.2 Å². The molecule has 0 aliphatic heterocycles. The summed E-state index contributed by atoms with van der Waals surface area (Å²) in [6.45, 7) is 5.51. The molecule has 2 heterocycles. The van der Waals surface area contributed by atoms with Crippen LogP contribution in [0, 0.1) is 25.2 Å². The number of nitriles is 1. The molecular formula is C14H17ClN6O. The number of rotatable bonds is 4. The lowest BCUT2D eigenvalue weighted by Gasteiger charge is -2.17. The Morgan fingerprint density at radius 2 is 2.23 bits per heavy atom. The molecule has 0 bridgehead atoms. The van der Waals surface area contributed by atoms with E-state index in [0.717, 1.165) is 5.69 Å². The summed E-state index contributed by atoms with van der Waals surface area (Å²) in [6, 6.07) is 1.49. The summed E-state index contributed by atoms with van der Waals surface area (Å²) in [4.78, 5) is 12.6. The fraction of sp³-hybridized carbons (Fsp3) is 0.429. The molecular weight excluding hydrogens is 304 g/mol. The van der Waals surface area contributed by atoms with Crippen LogP contribution in [0.3, 0.4) is 0 Å². The highest BCUT2D eigenvalue weighted by atomic mass is 35.5. The third kappa shape index (κ3) is 2.70. The molecule has 0 saturated carbocycles. The molecule has 0 fully saturated rings. The first-order valence-corrected chi connectivity index (χ1v) is 7.22. The standard InChI is InChI=1S/C14H17ClN6O/c1-5-11(21-9(3)12(15)8(2)19-21)14(22)18-13-10(6-16)7-17-20(13)4/h7,11H,5H2,1-4H3,(H,18,22). The average molecular weight is 321 g/mol. The number of hydrogen-bond donors (Lipinski definition) is 1. The molecule has 1 N–H and O–H groups in total. The second-order valence-electron chi connectivity index (χ2n) is 4.98. The van der Waals surface area contributed by atoms with E-state index in [4.69, 9.17) is 16.9 Å². The van der Waals surface area contributed by atoms with Crippen LogP contribution in [-0.2, 0) is 11.8 Å². The van der Waals surface area contributed by atoms with Crippen LogP contribution in [0.5, 0.6) is 0 Å². The smallest absolute Gasteiger partial charge is 0.250 e. The van der Waals surface area contributed by atoms with E-state index in [2.05, 4.69) is 15.5 Å². The predicted octanol–water partition coefficient (Wildman–Crippen LogP) is 2.35. The molecule has 1 unspecified atom stereocenters. The molecule has 0 aromatic carbocycles. The van der Waals surface area contributed by atoms with Crippen LogP contribution >= 0.6 is 11.6 Å². The van der Waals surface area contributed by atoms with Gasteiger partial charge in [-0.25, -0.2) is 0 Å². The highest BCUT2D eigenvalue weighted by Crippen LogP contribution is 2.25. The third-order valence-electron chi connectivity index (χ3n) is 3.52. The second kappa shape index (κ2) is 6.20. The lowest BCUT2D eigenvalue weighted by molar-refractivity contribution is -0.119. The molecule has 0 spiro atoms. The molecule has 22 heavy (non-hydrogen) atoms. The summed E-state index contributed by atoms with van der Waals surface area (Å²) in [5.74, 6) is 0.114. The Balaban J connectivity index is 2.32. The Kier molecular flexibility index (Phi) is 4.52. The Morgan fingerprint density at radius 1 is 1.55 bits per heavy atom. The maximum absolute atomic E-state index is 12.6. The van der Waals surface area contributed by atoms with E-state index in [-0.39, 0.29) is 5.91 Å². The maximum Gasteiger partial charge on any atom is 0.250 e. The monoisotopic (exact) mass is 320 g/mol. The minimum Gasteiger partial charge on any atom is -0.308 e. The van der Waals surface area contributed by atoms with Gasteiger partial charge in [0.05, 0.1) is 22.6 Å². The molecule has 116 valence electrons. The molecule has 2 rings (SSSR count). The van der Waals surface area contributed by atoms with Gasteiger partial charge in [0.2, 0.25) is 5.91 Å². The van der Waals surface area contributed by atoms with Crippen molar-refractivity contribution in [3.63, 3.8) is 0 Å². The van der Waals surface area contributed by atoms with Gasteiger partial charge in [-0.05, 0) is 20.3 Å². The highest BCUT2D eigenvalue weighted by molar-refractivity contribution is 6.31. The Morgan fingerprint density at radius 3 is 2.73 bits per heavy atom. The van der Waals surface area contributed by atoms with Crippen molar-refractivity contribution in [1.29, 1.82) is 5.26 Å². The van der Waals surface area contributed by atoms with Crippen molar-refractivity contribution >= 4 is 23.3 Å². The fourth-order valence-corrected chi connectivity index (χ4v) is 2.41. The number of anilines is 1. The van der Waals surface area contributed by atoms with Gasteiger partial charge in [-0.1, -0.05) is 18.5 Å².